The van der Waals surface area contributed by atoms with Crippen LogP contribution < -0.4 is 10.4 Å². The third-order valence-electron chi connectivity index (χ3n) is 4.10. The van der Waals surface area contributed by atoms with E-state index in [1.165, 1.54) is 6.07 Å². The van der Waals surface area contributed by atoms with Crippen LogP contribution in [-0.2, 0) is 11.2 Å². The van der Waals surface area contributed by atoms with Gasteiger partial charge in [-0.3, -0.25) is 4.79 Å². The summed E-state index contributed by atoms with van der Waals surface area (Å²) in [4.78, 5) is 26.6. The highest BCUT2D eigenvalue weighted by atomic mass is 16.5. The van der Waals surface area contributed by atoms with Crippen molar-refractivity contribution in [2.24, 2.45) is 0 Å². The predicted molar refractivity (Wildman–Crippen MR) is 94.7 cm³/mol. The molecule has 5 nitrogen and oxygen atoms in total. The summed E-state index contributed by atoms with van der Waals surface area (Å²) in [6.45, 7) is 0. The molecule has 25 heavy (non-hydrogen) atoms. The van der Waals surface area contributed by atoms with Crippen molar-refractivity contribution >= 4 is 27.8 Å². The average Bonchev–Trinajstić information content (AvgIpc) is 3.03. The van der Waals surface area contributed by atoms with Gasteiger partial charge in [0.2, 0.25) is 0 Å². The summed E-state index contributed by atoms with van der Waals surface area (Å²) in [6, 6.07) is 16.0. The first-order valence-electron chi connectivity index (χ1n) is 7.99. The first-order valence-corrected chi connectivity index (χ1v) is 7.99. The lowest BCUT2D eigenvalue weighted by molar-refractivity contribution is -0.134. The highest BCUT2D eigenvalue weighted by Crippen LogP contribution is 2.21. The Balaban J connectivity index is 1.46. The second kappa shape index (κ2) is 6.28. The maximum Gasteiger partial charge on any atom is 0.336 e. The lowest BCUT2D eigenvalue weighted by Gasteiger charge is -2.05. The molecule has 2 heterocycles. The van der Waals surface area contributed by atoms with E-state index in [0.29, 0.717) is 17.8 Å². The molecule has 2 aromatic heterocycles. The van der Waals surface area contributed by atoms with Gasteiger partial charge in [-0.05, 0) is 36.2 Å². The smallest absolute Gasteiger partial charge is 0.336 e. The molecule has 0 saturated carbocycles. The molecule has 2 aromatic carbocycles. The average molecular weight is 333 g/mol. The van der Waals surface area contributed by atoms with Gasteiger partial charge in [-0.15, -0.1) is 0 Å². The third kappa shape index (κ3) is 3.17. The van der Waals surface area contributed by atoms with E-state index in [0.717, 1.165) is 21.9 Å². The number of hydrogen-bond acceptors (Lipinski definition) is 4. The fraction of sp³-hybridized carbons (Fsp3) is 0.100. The highest BCUT2D eigenvalue weighted by molar-refractivity contribution is 5.84. The molecule has 0 bridgehead atoms. The van der Waals surface area contributed by atoms with Crippen molar-refractivity contribution in [1.29, 1.82) is 0 Å². The van der Waals surface area contributed by atoms with Gasteiger partial charge in [-0.25, -0.2) is 4.79 Å². The predicted octanol–water partition coefficient (Wildman–Crippen LogP) is 3.81. The minimum absolute atomic E-state index is 0.263. The quantitative estimate of drug-likeness (QED) is 0.350. The topological polar surface area (TPSA) is 72.3 Å². The van der Waals surface area contributed by atoms with Crippen molar-refractivity contribution in [1.82, 2.24) is 4.98 Å². The second-order valence-electron chi connectivity index (χ2n) is 5.79. The summed E-state index contributed by atoms with van der Waals surface area (Å²) in [5.74, 6) is 0.0358. The molecule has 5 heteroatoms. The van der Waals surface area contributed by atoms with Crippen LogP contribution in [0, 0.1) is 0 Å². The van der Waals surface area contributed by atoms with E-state index >= 15 is 0 Å². The summed E-state index contributed by atoms with van der Waals surface area (Å²) < 4.78 is 10.5. The molecule has 1 N–H and O–H groups in total. The SMILES string of the molecule is O=C(CCc1c[nH]c2ccccc12)Oc1ccc2ccc(=O)oc2c1. The van der Waals surface area contributed by atoms with Gasteiger partial charge in [0.1, 0.15) is 11.3 Å². The van der Waals surface area contributed by atoms with Crippen molar-refractivity contribution in [3.05, 3.63) is 76.8 Å². The van der Waals surface area contributed by atoms with Crippen LogP contribution in [0.3, 0.4) is 0 Å². The minimum Gasteiger partial charge on any atom is -0.426 e. The Morgan fingerprint density at radius 2 is 1.92 bits per heavy atom. The van der Waals surface area contributed by atoms with Gasteiger partial charge in [0.15, 0.2) is 0 Å². The first-order chi connectivity index (χ1) is 12.2. The molecule has 0 radical (unpaired) electrons. The number of rotatable bonds is 4. The van der Waals surface area contributed by atoms with Gasteiger partial charge < -0.3 is 14.1 Å². The molecule has 4 aromatic rings. The third-order valence-corrected chi connectivity index (χ3v) is 4.10. The Kier molecular flexibility index (Phi) is 3.82. The van der Waals surface area contributed by atoms with Crippen LogP contribution in [0.15, 0.2) is 70.0 Å². The highest BCUT2D eigenvalue weighted by Gasteiger charge is 2.09. The zero-order valence-corrected chi connectivity index (χ0v) is 13.3. The fourth-order valence-corrected chi connectivity index (χ4v) is 2.86. The van der Waals surface area contributed by atoms with E-state index < -0.39 is 5.63 Å². The van der Waals surface area contributed by atoms with Gasteiger partial charge in [0.05, 0.1) is 6.42 Å². The number of H-pyrrole nitrogens is 1. The molecular weight excluding hydrogens is 318 g/mol. The van der Waals surface area contributed by atoms with Crippen molar-refractivity contribution in [3.8, 4) is 5.75 Å². The Morgan fingerprint density at radius 3 is 2.84 bits per heavy atom. The fourth-order valence-electron chi connectivity index (χ4n) is 2.86. The van der Waals surface area contributed by atoms with Gasteiger partial charge in [-0.1, -0.05) is 18.2 Å². The number of esters is 1. The number of hydrogen-bond donors (Lipinski definition) is 1. The van der Waals surface area contributed by atoms with E-state index in [2.05, 4.69) is 4.98 Å². The Bertz CT molecular complexity index is 1120. The number of ether oxygens (including phenoxy) is 1. The van der Waals surface area contributed by atoms with Crippen LogP contribution in [0.1, 0.15) is 12.0 Å². The van der Waals surface area contributed by atoms with Crippen LogP contribution in [0.5, 0.6) is 5.75 Å². The van der Waals surface area contributed by atoms with E-state index in [9.17, 15) is 9.59 Å². The molecule has 0 saturated heterocycles. The largest absolute Gasteiger partial charge is 0.426 e. The number of fused-ring (bicyclic) bond motifs is 2. The van der Waals surface area contributed by atoms with Gasteiger partial charge in [0, 0.05) is 34.6 Å². The van der Waals surface area contributed by atoms with Crippen LogP contribution in [0.2, 0.25) is 0 Å². The summed E-state index contributed by atoms with van der Waals surface area (Å²) in [5.41, 5.74) is 2.09. The summed E-state index contributed by atoms with van der Waals surface area (Å²) >= 11 is 0. The molecule has 0 spiro atoms. The van der Waals surface area contributed by atoms with Crippen LogP contribution in [0.4, 0.5) is 0 Å². The summed E-state index contributed by atoms with van der Waals surface area (Å²) in [7, 11) is 0. The number of carbonyl (C=O) groups excluding carboxylic acids is 1. The molecule has 0 aliphatic carbocycles. The molecular formula is C20H15NO4. The molecule has 4 rings (SSSR count). The maximum atomic E-state index is 12.1. The molecule has 0 fully saturated rings. The van der Waals surface area contributed by atoms with E-state index in [4.69, 9.17) is 9.15 Å². The van der Waals surface area contributed by atoms with Crippen molar-refractivity contribution in [2.45, 2.75) is 12.8 Å². The minimum atomic E-state index is -0.435. The molecule has 0 aliphatic heterocycles. The normalized spacial score (nSPS) is 11.0. The first kappa shape index (κ1) is 15.2. The van der Waals surface area contributed by atoms with Crippen molar-refractivity contribution in [3.63, 3.8) is 0 Å². The van der Waals surface area contributed by atoms with E-state index in [-0.39, 0.29) is 12.4 Å². The zero-order valence-electron chi connectivity index (χ0n) is 13.3. The summed E-state index contributed by atoms with van der Waals surface area (Å²) in [5, 5.41) is 1.89. The maximum absolute atomic E-state index is 12.1. The standard InChI is InChI=1S/C20H15NO4/c22-19(10-7-14-12-21-17-4-2-1-3-16(14)17)24-15-8-5-13-6-9-20(23)25-18(13)11-15/h1-6,8-9,11-12,21H,7,10H2. The van der Waals surface area contributed by atoms with Crippen molar-refractivity contribution < 1.29 is 13.9 Å². The molecule has 0 aliphatic rings. The molecule has 0 amide bonds. The Morgan fingerprint density at radius 1 is 1.08 bits per heavy atom. The van der Waals surface area contributed by atoms with Crippen LogP contribution >= 0.6 is 0 Å². The molecule has 124 valence electrons. The van der Waals surface area contributed by atoms with Crippen LogP contribution in [0.25, 0.3) is 21.9 Å². The number of para-hydroxylation sites is 1. The van der Waals surface area contributed by atoms with Gasteiger partial charge >= 0.3 is 11.6 Å². The number of aryl methyl sites for hydroxylation is 1. The van der Waals surface area contributed by atoms with Crippen molar-refractivity contribution in [2.75, 3.05) is 0 Å². The van der Waals surface area contributed by atoms with Gasteiger partial charge in [-0.2, -0.15) is 0 Å². The lowest BCUT2D eigenvalue weighted by atomic mass is 10.1. The molecule has 0 unspecified atom stereocenters. The zero-order chi connectivity index (χ0) is 17.2. The molecule has 0 atom stereocenters. The Labute approximate surface area is 142 Å². The number of nitrogens with one attached hydrogen (secondary N) is 1. The lowest BCUT2D eigenvalue weighted by Crippen LogP contribution is -2.09. The van der Waals surface area contributed by atoms with E-state index in [1.807, 2.05) is 30.5 Å². The second-order valence-corrected chi connectivity index (χ2v) is 5.79. The number of aromatic nitrogens is 1. The van der Waals surface area contributed by atoms with Crippen LogP contribution in [-0.4, -0.2) is 11.0 Å². The Hall–Kier alpha value is -3.34. The number of aromatic amines is 1. The number of carbonyl (C=O) groups is 1. The van der Waals surface area contributed by atoms with E-state index in [1.54, 1.807) is 24.3 Å². The monoisotopic (exact) mass is 333 g/mol. The number of benzene rings is 2. The summed E-state index contributed by atoms with van der Waals surface area (Å²) in [6.07, 6.45) is 2.77. The van der Waals surface area contributed by atoms with Gasteiger partial charge in [0.25, 0.3) is 0 Å².